The maximum absolute atomic E-state index is 14.7. The molecule has 1 atom stereocenters. The van der Waals surface area contributed by atoms with Crippen molar-refractivity contribution in [3.05, 3.63) is 69.0 Å². The average molecular weight is 494 g/mol. The lowest BCUT2D eigenvalue weighted by molar-refractivity contribution is 0.0634. The summed E-state index contributed by atoms with van der Waals surface area (Å²) < 4.78 is 36.1. The van der Waals surface area contributed by atoms with Crippen LogP contribution in [-0.4, -0.2) is 32.2 Å². The van der Waals surface area contributed by atoms with E-state index in [1.54, 1.807) is 33.8 Å². The van der Waals surface area contributed by atoms with Gasteiger partial charge in [0.15, 0.2) is 5.82 Å². The largest absolute Gasteiger partial charge is 0.444 e. The van der Waals surface area contributed by atoms with Gasteiger partial charge in [-0.15, -0.1) is 5.10 Å². The Kier molecular flexibility index (Phi) is 5.88. The van der Waals surface area contributed by atoms with Crippen molar-refractivity contribution < 1.29 is 18.3 Å². The van der Waals surface area contributed by atoms with Crippen LogP contribution in [0.25, 0.3) is 5.69 Å². The summed E-state index contributed by atoms with van der Waals surface area (Å²) in [5.74, 6) is -1.32. The Labute approximate surface area is 198 Å². The first-order chi connectivity index (χ1) is 15.5. The number of halogens is 4. The van der Waals surface area contributed by atoms with Gasteiger partial charge in [0.25, 0.3) is 5.95 Å². The number of carbonyl (C=O) groups excluding carboxylic acids is 1. The van der Waals surface area contributed by atoms with E-state index in [-0.39, 0.29) is 32.8 Å². The van der Waals surface area contributed by atoms with E-state index in [0.717, 1.165) is 12.1 Å². The average Bonchev–Trinajstić information content (AvgIpc) is 3.06. The minimum Gasteiger partial charge on any atom is -0.444 e. The quantitative estimate of drug-likeness (QED) is 0.466. The Morgan fingerprint density at radius 3 is 2.42 bits per heavy atom. The van der Waals surface area contributed by atoms with E-state index in [2.05, 4.69) is 20.4 Å². The first-order valence-corrected chi connectivity index (χ1v) is 10.7. The number of hydrogen-bond donors (Lipinski definition) is 1. The number of anilines is 1. The summed E-state index contributed by atoms with van der Waals surface area (Å²) >= 11 is 12.7. The van der Waals surface area contributed by atoms with Crippen LogP contribution in [0, 0.1) is 11.6 Å². The van der Waals surface area contributed by atoms with E-state index in [9.17, 15) is 13.6 Å². The highest BCUT2D eigenvalue weighted by Crippen LogP contribution is 2.38. The second kappa shape index (κ2) is 8.39. The molecule has 0 radical (unpaired) electrons. The Hall–Kier alpha value is -3.04. The van der Waals surface area contributed by atoms with Gasteiger partial charge in [-0.3, -0.25) is 10.3 Å². The maximum atomic E-state index is 14.7. The molecule has 11 heteroatoms. The molecule has 0 fully saturated rings. The minimum absolute atomic E-state index is 0.0189. The van der Waals surface area contributed by atoms with E-state index in [4.69, 9.17) is 27.9 Å². The van der Waals surface area contributed by atoms with Crippen LogP contribution in [0.3, 0.4) is 0 Å². The molecule has 0 spiro atoms. The van der Waals surface area contributed by atoms with Crippen LogP contribution in [0.2, 0.25) is 10.0 Å². The van der Waals surface area contributed by atoms with Gasteiger partial charge in [0.2, 0.25) is 0 Å². The molecule has 7 nitrogen and oxygen atoms in total. The number of nitrogens with zero attached hydrogens (tertiary/aromatic N) is 4. The molecule has 3 aromatic rings. The van der Waals surface area contributed by atoms with E-state index in [0.29, 0.717) is 11.5 Å². The minimum atomic E-state index is -0.803. The molecular formula is C22H19Cl2F2N5O2. The van der Waals surface area contributed by atoms with Crippen LogP contribution in [0.15, 0.2) is 35.3 Å². The predicted molar refractivity (Wildman–Crippen MR) is 122 cm³/mol. The summed E-state index contributed by atoms with van der Waals surface area (Å²) in [6, 6.07) is 5.94. The number of fused-ring (bicyclic) bond motifs is 3. The number of carbonyl (C=O) groups is 1. The Balaban J connectivity index is 1.89. The fraction of sp³-hybridized carbons (Fsp3) is 0.273. The molecule has 0 bridgehead atoms. The third-order valence-electron chi connectivity index (χ3n) is 4.68. The SMILES string of the molecule is CC1N=C(c2c(F)cccc2F)c2c(ccc(Cl)c2Cl)-n2nc(NC(=O)OC(C)(C)C)nc21. The molecule has 2 heterocycles. The maximum Gasteiger partial charge on any atom is 0.414 e. The molecule has 0 saturated carbocycles. The van der Waals surface area contributed by atoms with Crippen LogP contribution in [0.4, 0.5) is 19.5 Å². The lowest BCUT2D eigenvalue weighted by Gasteiger charge is -2.18. The van der Waals surface area contributed by atoms with Crippen LogP contribution >= 0.6 is 23.2 Å². The normalized spacial score (nSPS) is 15.3. The molecule has 4 rings (SSSR count). The van der Waals surface area contributed by atoms with Crippen LogP contribution in [-0.2, 0) is 4.74 Å². The van der Waals surface area contributed by atoms with Crippen molar-refractivity contribution in [3.8, 4) is 5.69 Å². The lowest BCUT2D eigenvalue weighted by Crippen LogP contribution is -2.27. The molecule has 2 aromatic carbocycles. The molecule has 1 aromatic heterocycles. The van der Waals surface area contributed by atoms with E-state index < -0.39 is 29.4 Å². The van der Waals surface area contributed by atoms with Gasteiger partial charge in [0.1, 0.15) is 23.3 Å². The summed E-state index contributed by atoms with van der Waals surface area (Å²) in [5.41, 5.74) is -0.543. The van der Waals surface area contributed by atoms with Gasteiger partial charge in [-0.05, 0) is 52.0 Å². The van der Waals surface area contributed by atoms with Crippen molar-refractivity contribution in [3.63, 3.8) is 0 Å². The summed E-state index contributed by atoms with van der Waals surface area (Å²) in [5, 5.41) is 7.05. The number of aromatic nitrogens is 3. The number of aliphatic imine (C=N–C) groups is 1. The second-order valence-corrected chi connectivity index (χ2v) is 9.12. The lowest BCUT2D eigenvalue weighted by atomic mass is 9.99. The summed E-state index contributed by atoms with van der Waals surface area (Å²) in [6.45, 7) is 6.86. The van der Waals surface area contributed by atoms with Gasteiger partial charge >= 0.3 is 6.09 Å². The van der Waals surface area contributed by atoms with Crippen molar-refractivity contribution in [1.82, 2.24) is 14.8 Å². The van der Waals surface area contributed by atoms with Crippen molar-refractivity contribution in [2.45, 2.75) is 39.3 Å². The first-order valence-electron chi connectivity index (χ1n) is 9.94. The van der Waals surface area contributed by atoms with Crippen LogP contribution < -0.4 is 5.32 Å². The summed E-state index contributed by atoms with van der Waals surface area (Å²) in [6.07, 6.45) is -0.733. The van der Waals surface area contributed by atoms with Gasteiger partial charge in [-0.1, -0.05) is 29.3 Å². The molecule has 1 unspecified atom stereocenters. The smallest absolute Gasteiger partial charge is 0.414 e. The van der Waals surface area contributed by atoms with Crippen LogP contribution in [0.5, 0.6) is 0 Å². The third-order valence-corrected chi connectivity index (χ3v) is 5.48. The fourth-order valence-electron chi connectivity index (χ4n) is 3.39. The van der Waals surface area contributed by atoms with Gasteiger partial charge in [-0.2, -0.15) is 4.98 Å². The van der Waals surface area contributed by atoms with Crippen LogP contribution in [0.1, 0.15) is 50.7 Å². The zero-order valence-corrected chi connectivity index (χ0v) is 19.6. The molecule has 33 heavy (non-hydrogen) atoms. The predicted octanol–water partition coefficient (Wildman–Crippen LogP) is 6.11. The fourth-order valence-corrected chi connectivity index (χ4v) is 3.80. The van der Waals surface area contributed by atoms with Gasteiger partial charge < -0.3 is 4.74 Å². The monoisotopic (exact) mass is 493 g/mol. The standard InChI is InChI=1S/C22H19Cl2F2N5O2/c1-10-19-28-20(29-21(32)33-22(2,3)4)30-31(19)14-9-8-11(23)17(24)16(14)18(27-10)15-12(25)6-5-7-13(15)26/h5-10H,1-4H3,(H,29,30,32). The third kappa shape index (κ3) is 4.43. The van der Waals surface area contributed by atoms with Crippen molar-refractivity contribution in [2.75, 3.05) is 5.32 Å². The Morgan fingerprint density at radius 1 is 1.12 bits per heavy atom. The van der Waals surface area contributed by atoms with Gasteiger partial charge in [0, 0.05) is 5.56 Å². The number of amides is 1. The number of rotatable bonds is 2. The topological polar surface area (TPSA) is 81.4 Å². The zero-order valence-electron chi connectivity index (χ0n) is 18.1. The molecule has 172 valence electrons. The van der Waals surface area contributed by atoms with Crippen molar-refractivity contribution in [2.24, 2.45) is 4.99 Å². The van der Waals surface area contributed by atoms with E-state index >= 15 is 0 Å². The zero-order chi connectivity index (χ0) is 24.1. The number of hydrogen-bond acceptors (Lipinski definition) is 5. The molecule has 1 aliphatic heterocycles. The van der Waals surface area contributed by atoms with Crippen molar-refractivity contribution >= 4 is 41.0 Å². The Morgan fingerprint density at radius 2 is 1.79 bits per heavy atom. The summed E-state index contributed by atoms with van der Waals surface area (Å²) in [4.78, 5) is 21.1. The van der Waals surface area contributed by atoms with Gasteiger partial charge in [0.05, 0.1) is 27.0 Å². The second-order valence-electron chi connectivity index (χ2n) is 8.34. The summed E-state index contributed by atoms with van der Waals surface area (Å²) in [7, 11) is 0. The highest BCUT2D eigenvalue weighted by molar-refractivity contribution is 6.45. The first kappa shape index (κ1) is 23.1. The molecule has 0 aliphatic carbocycles. The number of ether oxygens (including phenoxy) is 1. The number of benzene rings is 2. The highest BCUT2D eigenvalue weighted by Gasteiger charge is 2.31. The van der Waals surface area contributed by atoms with E-state index in [1.807, 2.05) is 0 Å². The highest BCUT2D eigenvalue weighted by atomic mass is 35.5. The molecular weight excluding hydrogens is 475 g/mol. The Bertz CT molecular complexity index is 1280. The molecule has 0 saturated heterocycles. The number of nitrogens with one attached hydrogen (secondary N) is 1. The van der Waals surface area contributed by atoms with Crippen molar-refractivity contribution in [1.29, 1.82) is 0 Å². The van der Waals surface area contributed by atoms with E-state index in [1.165, 1.54) is 16.8 Å². The molecule has 1 N–H and O–H groups in total. The molecule has 1 amide bonds. The molecule has 1 aliphatic rings. The van der Waals surface area contributed by atoms with Gasteiger partial charge in [-0.25, -0.2) is 18.3 Å².